The first-order valence-corrected chi connectivity index (χ1v) is 10.1. The van der Waals surface area contributed by atoms with Crippen LogP contribution in [-0.4, -0.2) is 32.0 Å². The van der Waals surface area contributed by atoms with Gasteiger partial charge in [-0.2, -0.15) is 18.8 Å². The Bertz CT molecular complexity index is 1250. The topological polar surface area (TPSA) is 85.9 Å². The number of hydrogen-bond acceptors (Lipinski definition) is 5. The fourth-order valence-corrected chi connectivity index (χ4v) is 4.35. The number of nitrogens with zero attached hydrogens (tertiary/aromatic N) is 4. The van der Waals surface area contributed by atoms with E-state index in [0.29, 0.717) is 5.56 Å². The Morgan fingerprint density at radius 2 is 1.79 bits per heavy atom. The average molecular weight is 388 g/mol. The molecule has 0 aliphatic carbocycles. The van der Waals surface area contributed by atoms with E-state index in [4.69, 9.17) is 5.26 Å². The molecule has 0 aromatic heterocycles. The summed E-state index contributed by atoms with van der Waals surface area (Å²) in [5.41, 5.74) is 1.39. The second-order valence-electron chi connectivity index (χ2n) is 6.23. The lowest BCUT2D eigenvalue weighted by Gasteiger charge is -2.17. The monoisotopic (exact) mass is 388 g/mol. The average Bonchev–Trinajstić information content (AvgIpc) is 2.99. The maximum atomic E-state index is 12.4. The maximum absolute atomic E-state index is 12.4. The third kappa shape index (κ3) is 3.26. The Labute approximate surface area is 163 Å². The smallest absolute Gasteiger partial charge is 0.246 e. The number of amidine groups is 1. The molecule has 0 atom stereocenters. The molecule has 0 spiro atoms. The molecular formula is C21H16N4O2S. The molecule has 7 heteroatoms. The minimum absolute atomic E-state index is 0.160. The molecule has 1 aliphatic heterocycles. The molecule has 138 valence electrons. The summed E-state index contributed by atoms with van der Waals surface area (Å²) >= 11 is 0. The van der Waals surface area contributed by atoms with Gasteiger partial charge in [0.2, 0.25) is 0 Å². The minimum Gasteiger partial charge on any atom is -0.246 e. The Kier molecular flexibility index (Phi) is 4.63. The van der Waals surface area contributed by atoms with Crippen LogP contribution in [0.25, 0.3) is 10.8 Å². The summed E-state index contributed by atoms with van der Waals surface area (Å²) in [5, 5.41) is 17.1. The number of hydrogen-bond donors (Lipinski definition) is 0. The zero-order chi connectivity index (χ0) is 19.6. The normalized spacial score (nSPS) is 14.6. The lowest BCUT2D eigenvalue weighted by molar-refractivity contribution is 0.459. The van der Waals surface area contributed by atoms with Gasteiger partial charge in [-0.25, -0.2) is 5.01 Å². The molecule has 0 saturated carbocycles. The fraction of sp³-hybridized carbons (Fsp3) is 0.0952. The summed E-state index contributed by atoms with van der Waals surface area (Å²) in [6.07, 6.45) is 1.86. The van der Waals surface area contributed by atoms with Crippen LogP contribution in [0.1, 0.15) is 17.5 Å². The Morgan fingerprint density at radius 3 is 2.64 bits per heavy atom. The number of hydrazone groups is 1. The molecule has 28 heavy (non-hydrogen) atoms. The van der Waals surface area contributed by atoms with Gasteiger partial charge < -0.3 is 0 Å². The molecular weight excluding hydrogens is 372 g/mol. The van der Waals surface area contributed by atoms with Gasteiger partial charge in [0.1, 0.15) is 4.90 Å². The van der Waals surface area contributed by atoms with Crippen LogP contribution in [0.3, 0.4) is 0 Å². The van der Waals surface area contributed by atoms with Crippen LogP contribution in [0.15, 0.2) is 81.1 Å². The lowest BCUT2D eigenvalue weighted by Crippen LogP contribution is -2.27. The molecule has 0 N–H and O–H groups in total. The summed E-state index contributed by atoms with van der Waals surface area (Å²) in [7, 11) is -3.75. The molecule has 0 fully saturated rings. The highest BCUT2D eigenvalue weighted by Crippen LogP contribution is 2.27. The highest BCUT2D eigenvalue weighted by Gasteiger charge is 2.31. The summed E-state index contributed by atoms with van der Waals surface area (Å²) in [5.74, 6) is 0.238. The molecule has 1 aliphatic rings. The van der Waals surface area contributed by atoms with Crippen molar-refractivity contribution in [2.45, 2.75) is 11.3 Å². The zero-order valence-electron chi connectivity index (χ0n) is 14.9. The molecule has 0 amide bonds. The molecule has 6 nitrogen and oxygen atoms in total. The molecule has 3 aromatic carbocycles. The van der Waals surface area contributed by atoms with Crippen molar-refractivity contribution in [2.24, 2.45) is 9.50 Å². The number of fused-ring (bicyclic) bond motifs is 2. The first-order valence-electron chi connectivity index (χ1n) is 8.71. The zero-order valence-corrected chi connectivity index (χ0v) is 15.7. The van der Waals surface area contributed by atoms with E-state index in [1.165, 1.54) is 11.1 Å². The van der Waals surface area contributed by atoms with Crippen LogP contribution in [0.5, 0.6) is 0 Å². The number of nitriles is 1. The van der Waals surface area contributed by atoms with Gasteiger partial charge in [-0.15, -0.1) is 4.40 Å². The van der Waals surface area contributed by atoms with Gasteiger partial charge in [-0.1, -0.05) is 54.6 Å². The number of rotatable bonds is 4. The summed E-state index contributed by atoms with van der Waals surface area (Å²) in [6.45, 7) is 0.237. The predicted molar refractivity (Wildman–Crippen MR) is 109 cm³/mol. The lowest BCUT2D eigenvalue weighted by atomic mass is 10.1. The summed E-state index contributed by atoms with van der Waals surface area (Å²) < 4.78 is 28.6. The van der Waals surface area contributed by atoms with E-state index in [1.807, 2.05) is 42.5 Å². The van der Waals surface area contributed by atoms with Crippen molar-refractivity contribution >= 4 is 32.8 Å². The van der Waals surface area contributed by atoms with Crippen molar-refractivity contribution in [3.63, 3.8) is 0 Å². The van der Waals surface area contributed by atoms with Crippen LogP contribution < -0.4 is 0 Å². The first-order chi connectivity index (χ1) is 13.6. The van der Waals surface area contributed by atoms with Crippen LogP contribution in [0.2, 0.25) is 0 Å². The second-order valence-corrected chi connectivity index (χ2v) is 7.80. The molecule has 4 rings (SSSR count). The molecule has 0 unspecified atom stereocenters. The van der Waals surface area contributed by atoms with Crippen LogP contribution >= 0.6 is 0 Å². The Hall–Kier alpha value is -3.50. The standard InChI is InChI=1S/C21H16N4O2S/c22-13-6-14-25(21-19-11-3-4-12-20(19)28(26,27)24-21)23-15-17-9-5-8-16-7-1-2-10-18(16)17/h1-5,7-12,15H,6,14H2. The molecule has 3 aromatic rings. The SMILES string of the molecule is N#CCCN(N=Cc1cccc2ccccc12)C1=NS(=O)(=O)c2ccccc21. The maximum Gasteiger partial charge on any atom is 0.285 e. The molecule has 0 saturated heterocycles. The van der Waals surface area contributed by atoms with E-state index in [0.717, 1.165) is 16.3 Å². The summed E-state index contributed by atoms with van der Waals surface area (Å²) in [4.78, 5) is 0.160. The van der Waals surface area contributed by atoms with Gasteiger partial charge >= 0.3 is 0 Å². The quantitative estimate of drug-likeness (QED) is 0.505. The molecule has 0 bridgehead atoms. The van der Waals surface area contributed by atoms with Crippen molar-refractivity contribution in [1.82, 2.24) is 5.01 Å². The molecule has 0 radical (unpaired) electrons. The Morgan fingerprint density at radius 1 is 1.04 bits per heavy atom. The third-order valence-corrected chi connectivity index (χ3v) is 5.78. The van der Waals surface area contributed by atoms with Gasteiger partial charge in [0, 0.05) is 11.1 Å². The first kappa shape index (κ1) is 17.9. The van der Waals surface area contributed by atoms with Crippen molar-refractivity contribution in [2.75, 3.05) is 6.54 Å². The summed E-state index contributed by atoms with van der Waals surface area (Å²) in [6, 6.07) is 22.6. The van der Waals surface area contributed by atoms with Crippen LogP contribution in [-0.2, 0) is 10.0 Å². The highest BCUT2D eigenvalue weighted by atomic mass is 32.2. The minimum atomic E-state index is -3.75. The van der Waals surface area contributed by atoms with Crippen molar-refractivity contribution < 1.29 is 8.42 Å². The van der Waals surface area contributed by atoms with E-state index in [2.05, 4.69) is 15.6 Å². The van der Waals surface area contributed by atoms with Gasteiger partial charge in [0.15, 0.2) is 5.84 Å². The predicted octanol–water partition coefficient (Wildman–Crippen LogP) is 3.54. The van der Waals surface area contributed by atoms with Crippen molar-refractivity contribution in [1.29, 1.82) is 5.26 Å². The van der Waals surface area contributed by atoms with Crippen LogP contribution in [0.4, 0.5) is 0 Å². The van der Waals surface area contributed by atoms with Gasteiger partial charge in [-0.3, -0.25) is 0 Å². The largest absolute Gasteiger partial charge is 0.285 e. The second kappa shape index (κ2) is 7.25. The highest BCUT2D eigenvalue weighted by molar-refractivity contribution is 7.90. The van der Waals surface area contributed by atoms with Crippen molar-refractivity contribution in [3.05, 3.63) is 77.9 Å². The van der Waals surface area contributed by atoms with Gasteiger partial charge in [0.05, 0.1) is 25.2 Å². The van der Waals surface area contributed by atoms with E-state index in [-0.39, 0.29) is 23.7 Å². The van der Waals surface area contributed by atoms with Crippen molar-refractivity contribution in [3.8, 4) is 6.07 Å². The number of sulfonamides is 1. The van der Waals surface area contributed by atoms with E-state index in [1.54, 1.807) is 24.4 Å². The fourth-order valence-electron chi connectivity index (χ4n) is 3.14. The van der Waals surface area contributed by atoms with E-state index >= 15 is 0 Å². The third-order valence-electron chi connectivity index (χ3n) is 4.45. The van der Waals surface area contributed by atoms with Gasteiger partial charge in [0.25, 0.3) is 10.0 Å². The number of benzene rings is 3. The van der Waals surface area contributed by atoms with Gasteiger partial charge in [-0.05, 0) is 22.9 Å². The Balaban J connectivity index is 1.76. The van der Waals surface area contributed by atoms with E-state index in [9.17, 15) is 8.42 Å². The van der Waals surface area contributed by atoms with E-state index < -0.39 is 10.0 Å². The molecule has 1 heterocycles. The van der Waals surface area contributed by atoms with Crippen LogP contribution in [0, 0.1) is 11.3 Å².